The number of nitrogens with zero attached hydrogens (tertiary/aromatic N) is 1. The Kier molecular flexibility index (Phi) is 27.4. The Hall–Kier alpha value is -11.3. The Morgan fingerprint density at radius 2 is 0.717 bits per heavy atom. The van der Waals surface area contributed by atoms with Gasteiger partial charge in [0.05, 0.1) is 51.1 Å². The SMILES string of the molecule is Cc1cc(OCCCc2c(C(=O)NS(=O)(=O)c3ccccc3)[nH]c3c(-c4cccnc4C)cccc23)cc(C)c1Cl.Cc1cc(OCCCc2c(C(=O)NS(=O)(=O)c3ccccc3)[nH]c3c(-c4ccsc4)cccc23)cc(C)c1Cl.Cc1cc(OCCCc2c(C(=O)NS(=O)(=O)c3ccccc3)[nH]c3c(-c4ccsc4C)cccc23)cc(C)c1Cl. The fourth-order valence-corrected chi connectivity index (χ4v) is 19.1. The second-order valence-corrected chi connectivity index (χ2v) is 37.0. The molecule has 0 spiro atoms. The first kappa shape index (κ1) is 86.5. The average Bonchev–Trinajstić information content (AvgIpc) is 1.61. The third-order valence-electron chi connectivity index (χ3n) is 20.4. The summed E-state index contributed by atoms with van der Waals surface area (Å²) < 4.78 is 102. The first-order chi connectivity index (χ1) is 57.5. The van der Waals surface area contributed by atoms with Crippen LogP contribution in [0.4, 0.5) is 0 Å². The van der Waals surface area contributed by atoms with Crippen molar-refractivity contribution >= 4 is 138 Å². The Bertz CT molecular complexity index is 6600. The molecule has 616 valence electrons. The van der Waals surface area contributed by atoms with Gasteiger partial charge >= 0.3 is 0 Å². The number of aryl methyl sites for hydroxylation is 11. The van der Waals surface area contributed by atoms with Gasteiger partial charge in [-0.05, 0) is 262 Å². The molecule has 6 heterocycles. The lowest BCUT2D eigenvalue weighted by atomic mass is 9.99. The summed E-state index contributed by atoms with van der Waals surface area (Å²) in [6.45, 7) is 16.8. The molecule has 9 aromatic carbocycles. The summed E-state index contributed by atoms with van der Waals surface area (Å²) >= 11 is 22.1. The Morgan fingerprint density at radius 1 is 0.383 bits per heavy atom. The van der Waals surface area contributed by atoms with Crippen LogP contribution in [0.2, 0.25) is 15.1 Å². The summed E-state index contributed by atoms with van der Waals surface area (Å²) in [5, 5.41) is 10.8. The number of hydrogen-bond donors (Lipinski definition) is 6. The third kappa shape index (κ3) is 19.9. The molecule has 0 bridgehead atoms. The number of aromatic nitrogens is 4. The van der Waals surface area contributed by atoms with E-state index in [4.69, 9.17) is 49.0 Å². The predicted octanol–water partition coefficient (Wildman–Crippen LogP) is 21.8. The van der Waals surface area contributed by atoms with Crippen molar-refractivity contribution in [1.82, 2.24) is 34.1 Å². The van der Waals surface area contributed by atoms with E-state index in [1.54, 1.807) is 83.5 Å². The van der Waals surface area contributed by atoms with Crippen LogP contribution < -0.4 is 28.4 Å². The van der Waals surface area contributed by atoms with E-state index in [1.165, 1.54) is 36.4 Å². The quantitative estimate of drug-likeness (QED) is 0.0262. The molecular formula is C93H86Cl3N7O12S5. The highest BCUT2D eigenvalue weighted by atomic mass is 35.5. The summed E-state index contributed by atoms with van der Waals surface area (Å²) in [6.07, 6.45) is 5.04. The number of H-pyrrole nitrogens is 3. The number of halogens is 3. The molecule has 0 aliphatic heterocycles. The molecule has 0 fully saturated rings. The lowest BCUT2D eigenvalue weighted by Crippen LogP contribution is -2.31. The van der Waals surface area contributed by atoms with Crippen LogP contribution in [-0.2, 0) is 49.3 Å². The van der Waals surface area contributed by atoms with Gasteiger partial charge in [-0.15, -0.1) is 11.3 Å². The van der Waals surface area contributed by atoms with Crippen LogP contribution in [-0.4, -0.2) is 82.7 Å². The standard InChI is InChI=1S/C32H30ClN3O4S.C31H29ClN2O4S2.C30H27ClN2O4S2/c1-20-18-23(19-21(2)29(20)33)40-17-9-15-28-27-13-7-12-26(25-14-8-16-34-22(25)3)30(27)35-31(28)32(37)36-41(38,39)24-10-5-4-6-11-24;1-19-17-22(18-20(2)28(19)32)38-15-8-13-27-26-12-7-11-25(24-14-16-39-21(24)3)29(26)33-30(27)31(35)34-40(36,37)23-9-5-4-6-10-23;1-19-16-22(17-20(2)27(19)31)37-14-7-12-26-25-11-6-10-24(21-13-15-38-18-21)28(25)32-29(26)30(34)33-39(35,36)23-8-4-3-5-9-23/h4-8,10-14,16,18-19,35H,9,15,17H2,1-3H3,(H,36,37);4-7,9-12,14,16-18,33H,8,13,15H2,1-3H3,(H,34,35);3-6,8-11,13,15-18,32H,7,12,14H2,1-2H3,(H,33,34). The van der Waals surface area contributed by atoms with Crippen molar-refractivity contribution < 1.29 is 53.8 Å². The van der Waals surface area contributed by atoms with Gasteiger partial charge in [-0.25, -0.2) is 39.4 Å². The minimum Gasteiger partial charge on any atom is -0.494 e. The van der Waals surface area contributed by atoms with Crippen LogP contribution in [0.25, 0.3) is 66.1 Å². The lowest BCUT2D eigenvalue weighted by molar-refractivity contribution is 0.0967. The zero-order valence-electron chi connectivity index (χ0n) is 66.8. The number of hydrogen-bond acceptors (Lipinski definition) is 15. The number of carbonyl (C=O) groups is 3. The van der Waals surface area contributed by atoms with Gasteiger partial charge < -0.3 is 29.2 Å². The molecule has 0 unspecified atom stereocenters. The third-order valence-corrected chi connectivity index (χ3v) is 27.7. The van der Waals surface area contributed by atoms with Crippen molar-refractivity contribution in [3.05, 3.63) is 321 Å². The molecular weight excluding hydrogens is 1670 g/mol. The number of amides is 3. The van der Waals surface area contributed by atoms with E-state index in [0.717, 1.165) is 159 Å². The maximum absolute atomic E-state index is 13.5. The van der Waals surface area contributed by atoms with E-state index in [2.05, 4.69) is 47.1 Å². The largest absolute Gasteiger partial charge is 0.494 e. The van der Waals surface area contributed by atoms with Gasteiger partial charge in [-0.3, -0.25) is 19.4 Å². The fourth-order valence-electron chi connectivity index (χ4n) is 14.5. The van der Waals surface area contributed by atoms with Crippen LogP contribution in [0.15, 0.2) is 243 Å². The second-order valence-electron chi connectivity index (χ2n) is 28.9. The summed E-state index contributed by atoms with van der Waals surface area (Å²) in [7, 11) is -12.2. The second kappa shape index (κ2) is 38.0. The van der Waals surface area contributed by atoms with E-state index in [-0.39, 0.29) is 31.8 Å². The Balaban J connectivity index is 0.000000156. The van der Waals surface area contributed by atoms with Crippen LogP contribution >= 0.6 is 57.5 Å². The number of thiophene rings is 2. The Morgan fingerprint density at radius 3 is 1.04 bits per heavy atom. The first-order valence-corrected chi connectivity index (χ1v) is 45.9. The number of pyridine rings is 1. The molecule has 0 saturated carbocycles. The Labute approximate surface area is 720 Å². The zero-order valence-corrected chi connectivity index (χ0v) is 73.2. The van der Waals surface area contributed by atoms with Gasteiger partial charge in [-0.2, -0.15) is 11.3 Å². The lowest BCUT2D eigenvalue weighted by Gasteiger charge is -2.11. The molecule has 6 aromatic heterocycles. The molecule has 15 rings (SSSR count). The van der Waals surface area contributed by atoms with Crippen LogP contribution in [0, 0.1) is 55.4 Å². The molecule has 27 heteroatoms. The van der Waals surface area contributed by atoms with Crippen molar-refractivity contribution in [3.8, 4) is 50.6 Å². The number of rotatable bonds is 27. The van der Waals surface area contributed by atoms with Crippen molar-refractivity contribution in [2.75, 3.05) is 19.8 Å². The van der Waals surface area contributed by atoms with Gasteiger partial charge in [-0.1, -0.05) is 150 Å². The number of para-hydroxylation sites is 3. The monoisotopic (exact) mass is 1760 g/mol. The molecule has 3 amide bonds. The average molecular weight is 1760 g/mol. The van der Waals surface area contributed by atoms with Crippen LogP contribution in [0.5, 0.6) is 17.2 Å². The number of ether oxygens (including phenoxy) is 3. The molecule has 6 N–H and O–H groups in total. The molecule has 120 heavy (non-hydrogen) atoms. The van der Waals surface area contributed by atoms with Gasteiger partial charge in [0.15, 0.2) is 0 Å². The summed E-state index contributed by atoms with van der Waals surface area (Å²) in [5.74, 6) is 0.0722. The highest BCUT2D eigenvalue weighted by Crippen LogP contribution is 2.40. The van der Waals surface area contributed by atoms with E-state index >= 15 is 0 Å². The van der Waals surface area contributed by atoms with E-state index in [9.17, 15) is 39.6 Å². The zero-order chi connectivity index (χ0) is 85.2. The minimum absolute atomic E-state index is 0.0136. The summed E-state index contributed by atoms with van der Waals surface area (Å²) in [5.41, 5.74) is 17.5. The highest BCUT2D eigenvalue weighted by Gasteiger charge is 2.29. The maximum Gasteiger partial charge on any atom is 0.281 e. The first-order valence-electron chi connectivity index (χ1n) is 38.5. The van der Waals surface area contributed by atoms with Crippen molar-refractivity contribution in [2.24, 2.45) is 0 Å². The number of sulfonamides is 3. The molecule has 0 radical (unpaired) electrons. The van der Waals surface area contributed by atoms with Crippen LogP contribution in [0.1, 0.15) is 111 Å². The van der Waals surface area contributed by atoms with Crippen molar-refractivity contribution in [3.63, 3.8) is 0 Å². The van der Waals surface area contributed by atoms with Gasteiger partial charge in [0.2, 0.25) is 0 Å². The number of fused-ring (bicyclic) bond motifs is 3. The van der Waals surface area contributed by atoms with E-state index in [0.29, 0.717) is 58.3 Å². The molecule has 0 aliphatic rings. The number of nitrogens with one attached hydrogen (secondary N) is 6. The normalized spacial score (nSPS) is 11.6. The van der Waals surface area contributed by atoms with Gasteiger partial charge in [0, 0.05) is 70.2 Å². The van der Waals surface area contributed by atoms with Crippen LogP contribution in [0.3, 0.4) is 0 Å². The highest BCUT2D eigenvalue weighted by molar-refractivity contribution is 7.90. The minimum atomic E-state index is -4.07. The van der Waals surface area contributed by atoms with Gasteiger partial charge in [0.25, 0.3) is 47.8 Å². The topological polar surface area (TPSA) is 278 Å². The summed E-state index contributed by atoms with van der Waals surface area (Å²) in [6, 6.07) is 60.5. The molecule has 0 saturated heterocycles. The maximum atomic E-state index is 13.5. The molecule has 15 aromatic rings. The smallest absolute Gasteiger partial charge is 0.281 e. The number of carbonyl (C=O) groups excluding carboxylic acids is 3. The molecule has 19 nitrogen and oxygen atoms in total. The molecule has 0 atom stereocenters. The van der Waals surface area contributed by atoms with Gasteiger partial charge in [0.1, 0.15) is 34.3 Å². The summed E-state index contributed by atoms with van der Waals surface area (Å²) in [4.78, 5) is 55.8. The predicted molar refractivity (Wildman–Crippen MR) is 482 cm³/mol. The fraction of sp³-hybridized carbons (Fsp3) is 0.183. The number of aromatic amines is 3. The van der Waals surface area contributed by atoms with Crippen molar-refractivity contribution in [2.45, 2.75) is 109 Å². The van der Waals surface area contributed by atoms with E-state index in [1.807, 2.05) is 174 Å². The number of benzene rings is 9. The van der Waals surface area contributed by atoms with E-state index < -0.39 is 47.8 Å². The molecule has 0 aliphatic carbocycles. The van der Waals surface area contributed by atoms with Crippen molar-refractivity contribution in [1.29, 1.82) is 0 Å².